The maximum absolute atomic E-state index is 5.64. The van der Waals surface area contributed by atoms with Crippen molar-refractivity contribution in [1.82, 2.24) is 4.98 Å². The molecule has 2 rings (SSSR count). The highest BCUT2D eigenvalue weighted by Crippen LogP contribution is 2.37. The molecule has 88 valence electrons. The highest BCUT2D eigenvalue weighted by atomic mass is 16.5. The predicted octanol–water partition coefficient (Wildman–Crippen LogP) is 2.94. The topological polar surface area (TPSA) is 34.1 Å². The van der Waals surface area contributed by atoms with Gasteiger partial charge in [-0.2, -0.15) is 0 Å². The molecule has 0 aliphatic heterocycles. The molecule has 1 aromatic rings. The molecule has 0 saturated heterocycles. The van der Waals surface area contributed by atoms with E-state index in [0.29, 0.717) is 0 Å². The lowest BCUT2D eigenvalue weighted by atomic mass is 10.3. The molecule has 1 N–H and O–H groups in total. The van der Waals surface area contributed by atoms with Gasteiger partial charge in [0.05, 0.1) is 6.61 Å². The summed E-state index contributed by atoms with van der Waals surface area (Å²) in [6.45, 7) is 6.16. The third-order valence-corrected chi connectivity index (χ3v) is 3.04. The molecule has 1 aromatic heterocycles. The normalized spacial score (nSPS) is 22.9. The summed E-state index contributed by atoms with van der Waals surface area (Å²) in [6, 6.07) is 3.89. The van der Waals surface area contributed by atoms with Gasteiger partial charge in [-0.25, -0.2) is 4.98 Å². The minimum absolute atomic E-state index is 0.750. The summed E-state index contributed by atoms with van der Waals surface area (Å²) >= 11 is 0. The van der Waals surface area contributed by atoms with Crippen LogP contribution in [0.15, 0.2) is 18.3 Å². The van der Waals surface area contributed by atoms with Crippen LogP contribution in [0.1, 0.15) is 26.7 Å². The van der Waals surface area contributed by atoms with Gasteiger partial charge in [-0.15, -0.1) is 0 Å². The summed E-state index contributed by atoms with van der Waals surface area (Å²) in [5, 5.41) is 3.38. The van der Waals surface area contributed by atoms with Crippen LogP contribution in [0, 0.1) is 11.8 Å². The highest BCUT2D eigenvalue weighted by molar-refractivity contribution is 5.49. The van der Waals surface area contributed by atoms with Gasteiger partial charge in [0.1, 0.15) is 0 Å². The fraction of sp³-hybridized carbons (Fsp3) is 0.615. The van der Waals surface area contributed by atoms with Gasteiger partial charge in [-0.3, -0.25) is 0 Å². The first-order valence-corrected chi connectivity index (χ1v) is 6.13. The Bertz CT molecular complexity index is 340. The van der Waals surface area contributed by atoms with Crippen LogP contribution in [0.4, 0.5) is 5.82 Å². The van der Waals surface area contributed by atoms with Gasteiger partial charge in [0.25, 0.3) is 0 Å². The molecule has 1 aliphatic carbocycles. The Labute approximate surface area is 97.2 Å². The first-order chi connectivity index (χ1) is 7.81. The zero-order valence-electron chi connectivity index (χ0n) is 10.1. The number of hydrogen-bond donors (Lipinski definition) is 1. The lowest BCUT2D eigenvalue weighted by Crippen LogP contribution is -2.08. The van der Waals surface area contributed by atoms with Crippen LogP contribution >= 0.6 is 0 Å². The molecule has 3 nitrogen and oxygen atoms in total. The van der Waals surface area contributed by atoms with E-state index >= 15 is 0 Å². The Balaban J connectivity index is 1.90. The van der Waals surface area contributed by atoms with Crippen molar-refractivity contribution in [2.24, 2.45) is 11.8 Å². The Morgan fingerprint density at radius 1 is 1.56 bits per heavy atom. The van der Waals surface area contributed by atoms with E-state index in [1.807, 2.05) is 12.1 Å². The van der Waals surface area contributed by atoms with Crippen molar-refractivity contribution in [3.8, 4) is 5.75 Å². The molecular formula is C13H20N2O. The van der Waals surface area contributed by atoms with Crippen LogP contribution in [0.25, 0.3) is 0 Å². The van der Waals surface area contributed by atoms with Crippen molar-refractivity contribution < 1.29 is 4.74 Å². The zero-order chi connectivity index (χ0) is 11.4. The molecule has 0 spiro atoms. The van der Waals surface area contributed by atoms with Crippen molar-refractivity contribution >= 4 is 5.82 Å². The summed E-state index contributed by atoms with van der Waals surface area (Å²) in [5.74, 6) is 3.45. The molecule has 0 aromatic carbocycles. The minimum atomic E-state index is 0.750. The van der Waals surface area contributed by atoms with Crippen LogP contribution in [0.3, 0.4) is 0 Å². The average Bonchev–Trinajstić information content (AvgIpc) is 3.01. The fourth-order valence-electron chi connectivity index (χ4n) is 1.76. The second-order valence-electron chi connectivity index (χ2n) is 4.55. The van der Waals surface area contributed by atoms with Crippen LogP contribution in [-0.4, -0.2) is 18.1 Å². The molecule has 3 heteroatoms. The Hall–Kier alpha value is -1.25. The third kappa shape index (κ3) is 2.87. The number of aromatic nitrogens is 1. The van der Waals surface area contributed by atoms with Gasteiger partial charge in [0.15, 0.2) is 11.6 Å². The number of nitrogens with zero attached hydrogens (tertiary/aromatic N) is 1. The summed E-state index contributed by atoms with van der Waals surface area (Å²) in [5.41, 5.74) is 0. The van der Waals surface area contributed by atoms with Crippen LogP contribution in [0.2, 0.25) is 0 Å². The van der Waals surface area contributed by atoms with Gasteiger partial charge in [0.2, 0.25) is 0 Å². The largest absolute Gasteiger partial charge is 0.490 e. The fourth-order valence-corrected chi connectivity index (χ4v) is 1.76. The van der Waals surface area contributed by atoms with Crippen LogP contribution in [-0.2, 0) is 0 Å². The van der Waals surface area contributed by atoms with E-state index in [4.69, 9.17) is 4.74 Å². The first-order valence-electron chi connectivity index (χ1n) is 6.13. The average molecular weight is 220 g/mol. The molecule has 0 radical (unpaired) electrons. The first kappa shape index (κ1) is 11.2. The molecular weight excluding hydrogens is 200 g/mol. The van der Waals surface area contributed by atoms with Crippen molar-refractivity contribution in [2.45, 2.75) is 26.7 Å². The molecule has 1 fully saturated rings. The number of nitrogens with one attached hydrogen (secondary N) is 1. The maximum Gasteiger partial charge on any atom is 0.168 e. The number of anilines is 1. The Morgan fingerprint density at radius 3 is 3.06 bits per heavy atom. The van der Waals surface area contributed by atoms with Gasteiger partial charge < -0.3 is 10.1 Å². The van der Waals surface area contributed by atoms with Gasteiger partial charge >= 0.3 is 0 Å². The molecule has 2 atom stereocenters. The van der Waals surface area contributed by atoms with E-state index in [2.05, 4.69) is 24.1 Å². The second-order valence-corrected chi connectivity index (χ2v) is 4.55. The second kappa shape index (κ2) is 5.19. The van der Waals surface area contributed by atoms with E-state index in [1.54, 1.807) is 6.20 Å². The summed E-state index contributed by atoms with van der Waals surface area (Å²) < 4.78 is 5.64. The van der Waals surface area contributed by atoms with E-state index in [-0.39, 0.29) is 0 Å². The van der Waals surface area contributed by atoms with Crippen molar-refractivity contribution in [3.05, 3.63) is 18.3 Å². The standard InChI is InChI=1S/C13H20N2O/c1-3-7-16-12-5-4-6-14-13(12)15-9-11-8-10(11)2/h4-6,10-11H,3,7-9H2,1-2H3,(H,14,15). The Kier molecular flexibility index (Phi) is 3.65. The van der Waals surface area contributed by atoms with E-state index in [1.165, 1.54) is 6.42 Å². The van der Waals surface area contributed by atoms with Gasteiger partial charge in [-0.05, 0) is 36.8 Å². The Morgan fingerprint density at radius 2 is 2.38 bits per heavy atom. The number of ether oxygens (including phenoxy) is 1. The third-order valence-electron chi connectivity index (χ3n) is 3.04. The lowest BCUT2D eigenvalue weighted by molar-refractivity contribution is 0.317. The number of pyridine rings is 1. The minimum Gasteiger partial charge on any atom is -0.490 e. The monoisotopic (exact) mass is 220 g/mol. The van der Waals surface area contributed by atoms with Gasteiger partial charge in [-0.1, -0.05) is 13.8 Å². The zero-order valence-corrected chi connectivity index (χ0v) is 10.1. The SMILES string of the molecule is CCCOc1cccnc1NCC1CC1C. The molecule has 0 amide bonds. The predicted molar refractivity (Wildman–Crippen MR) is 65.8 cm³/mol. The lowest BCUT2D eigenvalue weighted by Gasteiger charge is -2.11. The summed E-state index contributed by atoms with van der Waals surface area (Å²) in [7, 11) is 0. The van der Waals surface area contributed by atoms with Crippen molar-refractivity contribution in [3.63, 3.8) is 0 Å². The molecule has 16 heavy (non-hydrogen) atoms. The van der Waals surface area contributed by atoms with E-state index in [0.717, 1.165) is 43.0 Å². The number of rotatable bonds is 6. The summed E-state index contributed by atoms with van der Waals surface area (Å²) in [4.78, 5) is 4.32. The van der Waals surface area contributed by atoms with Crippen molar-refractivity contribution in [2.75, 3.05) is 18.5 Å². The molecule has 2 unspecified atom stereocenters. The molecule has 1 heterocycles. The number of hydrogen-bond acceptors (Lipinski definition) is 3. The van der Waals surface area contributed by atoms with E-state index < -0.39 is 0 Å². The van der Waals surface area contributed by atoms with Crippen molar-refractivity contribution in [1.29, 1.82) is 0 Å². The highest BCUT2D eigenvalue weighted by Gasteiger charge is 2.32. The smallest absolute Gasteiger partial charge is 0.168 e. The molecule has 1 aliphatic rings. The summed E-state index contributed by atoms with van der Waals surface area (Å²) in [6.07, 6.45) is 4.16. The van der Waals surface area contributed by atoms with Gasteiger partial charge in [0, 0.05) is 12.7 Å². The quantitative estimate of drug-likeness (QED) is 0.800. The molecule has 1 saturated carbocycles. The van der Waals surface area contributed by atoms with Crippen LogP contribution < -0.4 is 10.1 Å². The van der Waals surface area contributed by atoms with Crippen LogP contribution in [0.5, 0.6) is 5.75 Å². The molecule has 0 bridgehead atoms. The maximum atomic E-state index is 5.64. The van der Waals surface area contributed by atoms with E-state index in [9.17, 15) is 0 Å².